The van der Waals surface area contributed by atoms with Gasteiger partial charge in [0.05, 0.1) is 5.69 Å². The van der Waals surface area contributed by atoms with Gasteiger partial charge in [-0.1, -0.05) is 23.4 Å². The topological polar surface area (TPSA) is 90.7 Å². The number of anilines is 1. The number of carbonyl (C=O) groups is 1. The lowest BCUT2D eigenvalue weighted by atomic mass is 10.0. The number of aromatic nitrogens is 1. The Labute approximate surface area is 182 Å². The zero-order chi connectivity index (χ0) is 22.5. The molecule has 0 fully saturated rings. The van der Waals surface area contributed by atoms with Crippen molar-refractivity contribution >= 4 is 11.7 Å². The maximum absolute atomic E-state index is 12.1. The summed E-state index contributed by atoms with van der Waals surface area (Å²) in [5, 5.41) is 6.83. The van der Waals surface area contributed by atoms with Crippen molar-refractivity contribution in [3.05, 3.63) is 76.5 Å². The third-order valence-corrected chi connectivity index (χ3v) is 5.15. The molecule has 1 aromatic heterocycles. The first kappa shape index (κ1) is 22.0. The van der Waals surface area contributed by atoms with Crippen molar-refractivity contribution in [3.63, 3.8) is 0 Å². The van der Waals surface area contributed by atoms with Gasteiger partial charge in [0.25, 0.3) is 0 Å². The van der Waals surface area contributed by atoms with Crippen LogP contribution in [0.15, 0.2) is 53.8 Å². The molecule has 0 unspecified atom stereocenters. The fraction of sp³-hybridized carbons (Fsp3) is 0.250. The van der Waals surface area contributed by atoms with Gasteiger partial charge in [0.1, 0.15) is 12.4 Å². The Hall–Kier alpha value is -3.74. The molecule has 0 spiro atoms. The van der Waals surface area contributed by atoms with Crippen LogP contribution in [0.5, 0.6) is 5.75 Å². The molecule has 3 aromatic rings. The van der Waals surface area contributed by atoms with Gasteiger partial charge in [-0.15, -0.1) is 0 Å². The molecule has 7 nitrogen and oxygen atoms in total. The van der Waals surface area contributed by atoms with Crippen LogP contribution in [0.2, 0.25) is 0 Å². The van der Waals surface area contributed by atoms with Crippen molar-refractivity contribution < 1.29 is 9.53 Å². The van der Waals surface area contributed by atoms with Crippen LogP contribution >= 0.6 is 0 Å². The lowest BCUT2D eigenvalue weighted by Gasteiger charge is -2.17. The largest absolute Gasteiger partial charge is 0.489 e. The Bertz CT molecular complexity index is 1130. The zero-order valence-corrected chi connectivity index (χ0v) is 18.5. The number of carbonyl (C=O) groups excluding carboxylic acids is 1. The van der Waals surface area contributed by atoms with Crippen molar-refractivity contribution in [2.24, 2.45) is 5.22 Å². The molecule has 0 aliphatic carbocycles. The number of nitrogens with zero attached hydrogens (tertiary/aromatic N) is 3. The van der Waals surface area contributed by atoms with Crippen molar-refractivity contribution in [2.75, 3.05) is 12.4 Å². The maximum Gasteiger partial charge on any atom is 0.343 e. The van der Waals surface area contributed by atoms with Gasteiger partial charge < -0.3 is 10.1 Å². The molecule has 31 heavy (non-hydrogen) atoms. The molecule has 0 radical (unpaired) electrons. The maximum atomic E-state index is 12.1. The number of pyridine rings is 1. The van der Waals surface area contributed by atoms with E-state index >= 15 is 0 Å². The first-order valence-corrected chi connectivity index (χ1v) is 9.98. The average Bonchev–Trinajstić information content (AvgIpc) is 2.75. The minimum atomic E-state index is -0.483. The van der Waals surface area contributed by atoms with Crippen molar-refractivity contribution in [3.8, 4) is 17.0 Å². The van der Waals surface area contributed by atoms with Gasteiger partial charge in [-0.3, -0.25) is 4.98 Å². The number of ether oxygens (including phenoxy) is 1. The second kappa shape index (κ2) is 9.38. The lowest BCUT2D eigenvalue weighted by molar-refractivity contribution is 0.220. The fourth-order valence-corrected chi connectivity index (χ4v) is 3.28. The SMILES string of the molecule is Cc1ccc(C)c(-c2ccc(OCc3c(C)cccc3NC(=O)N(C)N=N)c(C)c2)n1. The van der Waals surface area contributed by atoms with Crippen molar-refractivity contribution in [1.82, 2.24) is 9.99 Å². The summed E-state index contributed by atoms with van der Waals surface area (Å²) in [5.74, 6) is 0.771. The molecule has 0 bridgehead atoms. The van der Waals surface area contributed by atoms with E-state index in [-0.39, 0.29) is 0 Å². The highest BCUT2D eigenvalue weighted by Gasteiger charge is 2.14. The molecule has 7 heteroatoms. The van der Waals surface area contributed by atoms with E-state index in [0.717, 1.165) is 50.0 Å². The smallest absolute Gasteiger partial charge is 0.343 e. The summed E-state index contributed by atoms with van der Waals surface area (Å²) in [7, 11) is 1.42. The summed E-state index contributed by atoms with van der Waals surface area (Å²) in [4.78, 5) is 16.8. The number of aryl methyl sites for hydroxylation is 4. The van der Waals surface area contributed by atoms with E-state index in [2.05, 4.69) is 34.6 Å². The van der Waals surface area contributed by atoms with Gasteiger partial charge >= 0.3 is 6.03 Å². The van der Waals surface area contributed by atoms with Crippen LogP contribution in [0.3, 0.4) is 0 Å². The van der Waals surface area contributed by atoms with Crippen LogP contribution < -0.4 is 10.1 Å². The summed E-state index contributed by atoms with van der Waals surface area (Å²) in [6.07, 6.45) is 0. The molecule has 2 amide bonds. The molecule has 1 heterocycles. The number of urea groups is 1. The van der Waals surface area contributed by atoms with Gasteiger partial charge in [-0.2, -0.15) is 10.5 Å². The van der Waals surface area contributed by atoms with E-state index in [4.69, 9.17) is 10.3 Å². The first-order chi connectivity index (χ1) is 14.8. The highest BCUT2D eigenvalue weighted by molar-refractivity contribution is 5.89. The van der Waals surface area contributed by atoms with Crippen LogP contribution in [0, 0.1) is 33.2 Å². The molecule has 3 rings (SSSR count). The van der Waals surface area contributed by atoms with Crippen LogP contribution in [-0.2, 0) is 6.61 Å². The Morgan fingerprint density at radius 1 is 1.06 bits per heavy atom. The normalized spacial score (nSPS) is 10.5. The molecule has 0 saturated heterocycles. The summed E-state index contributed by atoms with van der Waals surface area (Å²) >= 11 is 0. The second-order valence-electron chi connectivity index (χ2n) is 7.54. The second-order valence-corrected chi connectivity index (χ2v) is 7.54. The Balaban J connectivity index is 1.81. The molecule has 0 saturated carbocycles. The van der Waals surface area contributed by atoms with Gasteiger partial charge in [-0.25, -0.2) is 4.79 Å². The number of amides is 2. The first-order valence-electron chi connectivity index (χ1n) is 9.98. The number of hydrogen-bond donors (Lipinski definition) is 2. The number of rotatable bonds is 6. The Morgan fingerprint density at radius 3 is 2.55 bits per heavy atom. The van der Waals surface area contributed by atoms with Crippen molar-refractivity contribution in [2.45, 2.75) is 34.3 Å². The Kier molecular flexibility index (Phi) is 6.65. The molecule has 0 aliphatic rings. The van der Waals surface area contributed by atoms with Gasteiger partial charge in [-0.05, 0) is 74.7 Å². The standard InChI is InChI=1S/C24H27N5O2/c1-15-7-6-8-21(27-24(30)29(5)28-25)20(15)14-31-22-12-11-19(13-17(22)3)23-16(2)9-10-18(4)26-23/h6-13,25H,14H2,1-5H3,(H,27,30). The molecule has 0 aliphatic heterocycles. The molecule has 2 N–H and O–H groups in total. The summed E-state index contributed by atoms with van der Waals surface area (Å²) in [6.45, 7) is 8.32. The van der Waals surface area contributed by atoms with Crippen LogP contribution in [0.25, 0.3) is 11.3 Å². The zero-order valence-electron chi connectivity index (χ0n) is 18.5. The van der Waals surface area contributed by atoms with E-state index in [1.165, 1.54) is 7.05 Å². The number of benzene rings is 2. The van der Waals surface area contributed by atoms with E-state index in [1.54, 1.807) is 0 Å². The van der Waals surface area contributed by atoms with E-state index in [9.17, 15) is 4.79 Å². The molecular weight excluding hydrogens is 390 g/mol. The van der Waals surface area contributed by atoms with Crippen LogP contribution in [0.1, 0.15) is 27.9 Å². The Morgan fingerprint density at radius 2 is 1.84 bits per heavy atom. The summed E-state index contributed by atoms with van der Waals surface area (Å²) in [5.41, 5.74) is 14.6. The monoisotopic (exact) mass is 417 g/mol. The van der Waals surface area contributed by atoms with Crippen LogP contribution in [0.4, 0.5) is 10.5 Å². The highest BCUT2D eigenvalue weighted by Crippen LogP contribution is 2.29. The summed E-state index contributed by atoms with van der Waals surface area (Å²) in [6, 6.07) is 15.3. The minimum Gasteiger partial charge on any atom is -0.489 e. The summed E-state index contributed by atoms with van der Waals surface area (Å²) < 4.78 is 6.11. The van der Waals surface area contributed by atoms with Gasteiger partial charge in [0.15, 0.2) is 0 Å². The highest BCUT2D eigenvalue weighted by atomic mass is 16.5. The van der Waals surface area contributed by atoms with Gasteiger partial charge in [0, 0.05) is 29.6 Å². The molecule has 2 aromatic carbocycles. The van der Waals surface area contributed by atoms with E-state index in [0.29, 0.717) is 12.3 Å². The van der Waals surface area contributed by atoms with E-state index < -0.39 is 6.03 Å². The van der Waals surface area contributed by atoms with Crippen LogP contribution in [-0.4, -0.2) is 23.1 Å². The number of nitrogens with one attached hydrogen (secondary N) is 2. The van der Waals surface area contributed by atoms with Gasteiger partial charge in [0.2, 0.25) is 0 Å². The third kappa shape index (κ3) is 5.06. The predicted molar refractivity (Wildman–Crippen MR) is 121 cm³/mol. The molecule has 0 atom stereocenters. The average molecular weight is 418 g/mol. The molecule has 160 valence electrons. The third-order valence-electron chi connectivity index (χ3n) is 5.15. The quantitative estimate of drug-likeness (QED) is 0.382. The fourth-order valence-electron chi connectivity index (χ4n) is 3.28. The minimum absolute atomic E-state index is 0.298. The van der Waals surface area contributed by atoms with Crippen molar-refractivity contribution in [1.29, 1.82) is 5.53 Å². The van der Waals surface area contributed by atoms with E-state index in [1.807, 2.05) is 57.2 Å². The predicted octanol–water partition coefficient (Wildman–Crippen LogP) is 5.97. The lowest BCUT2D eigenvalue weighted by Crippen LogP contribution is -2.27. The molecular formula is C24H27N5O2. The number of hydrogen-bond acceptors (Lipinski definition) is 5.